The molecule has 3 saturated heterocycles. The van der Waals surface area contributed by atoms with Crippen molar-refractivity contribution in [3.8, 4) is 18.2 Å². The minimum atomic E-state index is -0.400. The second-order valence-electron chi connectivity index (χ2n) is 24.7. The first-order chi connectivity index (χ1) is 40.5. The van der Waals surface area contributed by atoms with E-state index in [1.165, 1.54) is 64.0 Å². The minimum absolute atomic E-state index is 0. The number of aliphatic hydroxyl groups excluding tert-OH is 3. The number of nitriles is 3. The highest BCUT2D eigenvalue weighted by molar-refractivity contribution is 6.18. The van der Waals surface area contributed by atoms with E-state index >= 15 is 0 Å². The summed E-state index contributed by atoms with van der Waals surface area (Å²) in [6.07, 6.45) is 6.05. The number of nitrogens with two attached hydrogens (primary N) is 1. The molecule has 3 aliphatic heterocycles. The fourth-order valence-corrected chi connectivity index (χ4v) is 12.4. The highest BCUT2D eigenvalue weighted by atomic mass is 35.5. The Morgan fingerprint density at radius 2 is 0.965 bits per heavy atom. The lowest BCUT2D eigenvalue weighted by atomic mass is 9.93. The Morgan fingerprint density at radius 3 is 1.25 bits per heavy atom. The summed E-state index contributed by atoms with van der Waals surface area (Å²) in [5, 5.41) is 65.1. The maximum atomic E-state index is 9.13. The number of aryl methyl sites for hydroxylation is 6. The lowest BCUT2D eigenvalue weighted by molar-refractivity contribution is 0.264. The first-order valence-electron chi connectivity index (χ1n) is 29.7. The highest BCUT2D eigenvalue weighted by Gasteiger charge is 2.64. The number of rotatable bonds is 11. The molecule has 11 atom stereocenters. The van der Waals surface area contributed by atoms with E-state index < -0.39 is 10.8 Å². The predicted octanol–water partition coefficient (Wildman–Crippen LogP) is 12.0. The van der Waals surface area contributed by atoms with Gasteiger partial charge < -0.3 is 35.8 Å². The number of nitrogens with zero attached hydrogens (tertiary/aromatic N) is 3. The molecule has 8 fully saturated rings. The minimum Gasteiger partial charge on any atom is -0.480 e. The first-order valence-corrected chi connectivity index (χ1v) is 30.3. The molecule has 0 amide bonds. The van der Waals surface area contributed by atoms with Crippen molar-refractivity contribution < 1.29 is 24.8 Å². The number of nitrogens with one attached hydrogen (secondary N) is 2. The molecule has 6 aromatic carbocycles. The molecule has 448 valence electrons. The number of fused-ring (bicyclic) bond motifs is 2. The number of ether oxygens (including phenoxy) is 2. The second-order valence-corrected chi connectivity index (χ2v) is 25.0. The number of benzene rings is 6. The average molecular weight is 1190 g/mol. The van der Waals surface area contributed by atoms with Crippen molar-refractivity contribution in [1.29, 1.82) is 21.2 Å². The molecular formula is C72H86Cl2N6O5. The van der Waals surface area contributed by atoms with Crippen molar-refractivity contribution in [1.82, 2.24) is 5.32 Å². The van der Waals surface area contributed by atoms with Crippen LogP contribution in [0, 0.1) is 111 Å². The van der Waals surface area contributed by atoms with E-state index in [0.29, 0.717) is 48.1 Å². The van der Waals surface area contributed by atoms with E-state index in [0.717, 1.165) is 61.5 Å². The standard InChI is InChI=1S/C12H13NO.C12H17NO.2C12H13NO.C12H15N.C9H9N.C3H5ClO.ClH/c1-8-2-4-9(5-3-8)12-6-10(12)7-14-11(12)13;3*1-9-2-4-10(5-3-9)12(8-13)6-11(12)7-14;1-9-2-4-10(5-3-9)12-6-11(12)7-13-8-12;1-8-2-4-9(5-3-8)6-7-10;4-1-3-2-5-3;/h2-5,10,13H,6-7H2,1H3;2-5,11,14H,6-8,13H2,1H3;2*2-5,11,14H,6-7H2,1H3;2-5,11,13H,6-8H2,1H3;2-5H,6H2,1H3;3H,1-2H2;1H/t10?,12-;11?,12-;11-,12+;11-,12-;11?,12-;;3-;/m00110.1./s1. The van der Waals surface area contributed by atoms with Gasteiger partial charge in [-0.2, -0.15) is 15.8 Å². The number of alkyl halides is 1. The topological polar surface area (TPSA) is 216 Å². The van der Waals surface area contributed by atoms with Gasteiger partial charge in [-0.3, -0.25) is 5.41 Å². The summed E-state index contributed by atoms with van der Waals surface area (Å²) in [5.74, 6) is 3.28. The van der Waals surface area contributed by atoms with Gasteiger partial charge in [-0.05, 0) is 125 Å². The number of hydrogen-bond donors (Lipinski definition) is 6. The van der Waals surface area contributed by atoms with Gasteiger partial charge in [0, 0.05) is 61.5 Å². The van der Waals surface area contributed by atoms with E-state index in [9.17, 15) is 0 Å². The van der Waals surface area contributed by atoms with Crippen molar-refractivity contribution in [2.45, 2.75) is 113 Å². The van der Waals surface area contributed by atoms with Gasteiger partial charge >= 0.3 is 0 Å². The van der Waals surface area contributed by atoms with Crippen LogP contribution in [-0.4, -0.2) is 85.9 Å². The average Bonchev–Trinajstić information content (AvgIpc) is 1.70. The zero-order chi connectivity index (χ0) is 60.3. The van der Waals surface area contributed by atoms with Crippen molar-refractivity contribution in [2.75, 3.05) is 58.5 Å². The van der Waals surface area contributed by atoms with Gasteiger partial charge in [-0.1, -0.05) is 179 Å². The van der Waals surface area contributed by atoms with Crippen molar-refractivity contribution in [3.63, 3.8) is 0 Å². The van der Waals surface area contributed by atoms with Gasteiger partial charge in [0.05, 0.1) is 66.1 Å². The molecule has 3 heterocycles. The summed E-state index contributed by atoms with van der Waals surface area (Å²) in [6, 6.07) is 56.9. The van der Waals surface area contributed by atoms with Gasteiger partial charge in [0.15, 0.2) is 5.90 Å². The summed E-state index contributed by atoms with van der Waals surface area (Å²) in [6.45, 7) is 17.6. The molecule has 14 rings (SSSR count). The summed E-state index contributed by atoms with van der Waals surface area (Å²) in [4.78, 5) is 0. The molecule has 0 spiro atoms. The number of piperidine rings is 1. The van der Waals surface area contributed by atoms with Crippen molar-refractivity contribution >= 4 is 29.9 Å². The predicted molar refractivity (Wildman–Crippen MR) is 341 cm³/mol. The molecule has 5 aliphatic carbocycles. The van der Waals surface area contributed by atoms with Gasteiger partial charge in [0.25, 0.3) is 0 Å². The van der Waals surface area contributed by atoms with Gasteiger partial charge in [-0.25, -0.2) is 0 Å². The molecule has 0 bridgehead atoms. The van der Waals surface area contributed by atoms with E-state index in [2.05, 4.69) is 117 Å². The summed E-state index contributed by atoms with van der Waals surface area (Å²) in [7, 11) is 0. The lowest BCUT2D eigenvalue weighted by Crippen LogP contribution is -2.23. The van der Waals surface area contributed by atoms with E-state index in [1.54, 1.807) is 5.56 Å². The van der Waals surface area contributed by atoms with E-state index in [-0.39, 0.29) is 54.9 Å². The monoisotopic (exact) mass is 1180 g/mol. The third-order valence-corrected chi connectivity index (χ3v) is 19.1. The Bertz CT molecular complexity index is 3190. The highest BCUT2D eigenvalue weighted by Crippen LogP contribution is 2.60. The SMILES string of the molecule is Cc1ccc(CC#N)cc1.Cc1ccc([C@@]2(C#N)C[C@@H]2CO)cc1.Cc1ccc([C@@]2(CN)CC2CO)cc1.Cc1ccc([C@@]23CC2COC3=N)cc1.Cc1ccc([C@]2(C#N)C[C@@H]2CO)cc1.Cc1ccc([C@]23CNCC2C3)cc1.Cl.ClC[C@@H]1CO1. The quantitative estimate of drug-likeness (QED) is 0.0533. The van der Waals surface area contributed by atoms with Crippen LogP contribution in [0.1, 0.15) is 98.9 Å². The summed E-state index contributed by atoms with van der Waals surface area (Å²) in [5.41, 5.74) is 20.4. The third-order valence-electron chi connectivity index (χ3n) is 18.8. The Labute approximate surface area is 516 Å². The van der Waals surface area contributed by atoms with Crippen molar-refractivity contribution in [2.24, 2.45) is 35.3 Å². The van der Waals surface area contributed by atoms with Gasteiger partial charge in [0.1, 0.15) is 0 Å². The molecular weight excluding hydrogens is 1100 g/mol. The maximum absolute atomic E-state index is 9.13. The van der Waals surface area contributed by atoms with Gasteiger partial charge in [0.2, 0.25) is 0 Å². The molecule has 11 nitrogen and oxygen atoms in total. The molecule has 0 radical (unpaired) electrons. The number of epoxide rings is 1. The zero-order valence-electron chi connectivity index (χ0n) is 50.3. The smallest absolute Gasteiger partial charge is 0.191 e. The Kier molecular flexibility index (Phi) is 22.5. The number of aliphatic hydroxyl groups is 3. The molecule has 13 heteroatoms. The fourth-order valence-electron chi connectivity index (χ4n) is 12.2. The molecule has 8 aliphatic rings. The molecule has 85 heavy (non-hydrogen) atoms. The van der Waals surface area contributed by atoms with Crippen LogP contribution in [0.25, 0.3) is 0 Å². The first kappa shape index (κ1) is 66.1. The zero-order valence-corrected chi connectivity index (χ0v) is 51.9. The Hall–Kier alpha value is -6.40. The number of hydrogen-bond acceptors (Lipinski definition) is 11. The maximum Gasteiger partial charge on any atom is 0.191 e. The van der Waals surface area contributed by atoms with Crippen LogP contribution in [0.3, 0.4) is 0 Å². The second kappa shape index (κ2) is 28.9. The molecule has 7 N–H and O–H groups in total. The normalized spacial score (nSPS) is 28.9. The van der Waals surface area contributed by atoms with Crippen LogP contribution < -0.4 is 11.1 Å². The van der Waals surface area contributed by atoms with Crippen LogP contribution >= 0.6 is 24.0 Å². The Balaban J connectivity index is 0.000000144. The van der Waals surface area contributed by atoms with Crippen LogP contribution in [0.4, 0.5) is 0 Å². The number of halogens is 2. The van der Waals surface area contributed by atoms with Crippen LogP contribution in [-0.2, 0) is 43.0 Å². The van der Waals surface area contributed by atoms with E-state index in [4.69, 9.17) is 63.3 Å². The largest absolute Gasteiger partial charge is 0.480 e. The van der Waals surface area contributed by atoms with Crippen molar-refractivity contribution in [3.05, 3.63) is 212 Å². The van der Waals surface area contributed by atoms with Gasteiger partial charge in [-0.15, -0.1) is 24.0 Å². The third kappa shape index (κ3) is 15.4. The van der Waals surface area contributed by atoms with Crippen LogP contribution in [0.15, 0.2) is 146 Å². The van der Waals surface area contributed by atoms with Crippen LogP contribution in [0.2, 0.25) is 0 Å². The lowest BCUT2D eigenvalue weighted by Gasteiger charge is -2.15. The van der Waals surface area contributed by atoms with E-state index in [1.807, 2.05) is 93.6 Å². The molecule has 0 aromatic heterocycles. The summed E-state index contributed by atoms with van der Waals surface area (Å²) >= 11 is 5.27. The van der Waals surface area contributed by atoms with Crippen LogP contribution in [0.5, 0.6) is 0 Å². The Morgan fingerprint density at radius 1 is 0.553 bits per heavy atom. The fraction of sp³-hybridized carbons (Fsp3) is 0.444. The molecule has 6 aromatic rings. The molecule has 3 unspecified atom stereocenters. The summed E-state index contributed by atoms with van der Waals surface area (Å²) < 4.78 is 10.0. The molecule has 5 saturated carbocycles.